The third-order valence-electron chi connectivity index (χ3n) is 4.57. The summed E-state index contributed by atoms with van der Waals surface area (Å²) in [4.78, 5) is 12.1. The number of amides is 1. The Morgan fingerprint density at radius 2 is 1.74 bits per heavy atom. The van der Waals surface area contributed by atoms with Crippen molar-refractivity contribution in [2.45, 2.75) is 72.1 Å². The summed E-state index contributed by atoms with van der Waals surface area (Å²) in [5.74, 6) is 5.72. The maximum atomic E-state index is 12.1. The second-order valence-electron chi connectivity index (χ2n) is 6.33. The first-order valence-electron chi connectivity index (χ1n) is 9.11. The topological polar surface area (TPSA) is 55.1 Å². The van der Waals surface area contributed by atoms with E-state index in [4.69, 9.17) is 5.84 Å². The van der Waals surface area contributed by atoms with Crippen LogP contribution in [0, 0.1) is 0 Å². The Bertz CT molecular complexity index is 456. The molecule has 4 heteroatoms. The molecule has 0 aliphatic rings. The van der Waals surface area contributed by atoms with E-state index in [9.17, 15) is 4.79 Å². The minimum atomic E-state index is -1.36. The number of carbonyl (C=O) groups is 1. The van der Waals surface area contributed by atoms with E-state index < -0.39 is 19.8 Å². The van der Waals surface area contributed by atoms with E-state index in [0.717, 1.165) is 12.0 Å². The summed E-state index contributed by atoms with van der Waals surface area (Å²) in [6.07, 6.45) is 6.50. The van der Waals surface area contributed by atoms with Crippen molar-refractivity contribution in [1.82, 2.24) is 5.43 Å². The van der Waals surface area contributed by atoms with Gasteiger partial charge in [-0.05, 0) is 0 Å². The van der Waals surface area contributed by atoms with Crippen LogP contribution in [0.2, 0.25) is 13.3 Å². The molecule has 3 nitrogen and oxygen atoms in total. The van der Waals surface area contributed by atoms with Crippen LogP contribution in [0.15, 0.2) is 24.3 Å². The molecule has 1 aromatic rings. The van der Waals surface area contributed by atoms with Gasteiger partial charge in [0, 0.05) is 0 Å². The average molecular weight is 424 g/mol. The number of unbranched alkanes of at least 4 members (excludes halogenated alkanes) is 2. The van der Waals surface area contributed by atoms with Crippen molar-refractivity contribution in [3.05, 3.63) is 35.4 Å². The fourth-order valence-corrected chi connectivity index (χ4v) is 13.3. The van der Waals surface area contributed by atoms with E-state index in [-0.39, 0.29) is 5.91 Å². The van der Waals surface area contributed by atoms with E-state index in [1.165, 1.54) is 44.6 Å². The third kappa shape index (κ3) is 6.84. The summed E-state index contributed by atoms with van der Waals surface area (Å²) < 4.78 is 4.37. The number of nitrogens with two attached hydrogens (primary N) is 1. The Labute approximate surface area is 149 Å². The second kappa shape index (κ2) is 11.9. The molecular formula is C19H33N2OSn. The van der Waals surface area contributed by atoms with Gasteiger partial charge in [-0.3, -0.25) is 0 Å². The molecule has 0 saturated carbocycles. The molecule has 0 aliphatic carbocycles. The Balaban J connectivity index is 2.90. The molecule has 1 radical (unpaired) electrons. The van der Waals surface area contributed by atoms with Crippen LogP contribution in [-0.4, -0.2) is 25.7 Å². The van der Waals surface area contributed by atoms with Gasteiger partial charge in [-0.25, -0.2) is 0 Å². The van der Waals surface area contributed by atoms with E-state index in [0.29, 0.717) is 5.92 Å². The van der Waals surface area contributed by atoms with Crippen molar-refractivity contribution in [3.8, 4) is 0 Å². The van der Waals surface area contributed by atoms with Crippen LogP contribution in [0.4, 0.5) is 0 Å². The molecule has 1 aromatic carbocycles. The van der Waals surface area contributed by atoms with Gasteiger partial charge in [-0.15, -0.1) is 0 Å². The molecular weight excluding hydrogens is 391 g/mol. The first-order valence-corrected chi connectivity index (χ1v) is 15.2. The standard InChI is InChI=1S/C11H15N2O.2C4H9.Sn/c1-3-8(2)9-6-4-5-7-10(9)11(14)13-12;2*1-3-4-2;/h4-8H,2-3,12H2,1H3,(H,13,14);2*1,3-4H2,2H3;. The van der Waals surface area contributed by atoms with Gasteiger partial charge < -0.3 is 0 Å². The van der Waals surface area contributed by atoms with Gasteiger partial charge in [0.1, 0.15) is 0 Å². The third-order valence-corrected chi connectivity index (χ3v) is 13.7. The number of nitrogen functional groups attached to an aromatic ring is 1. The van der Waals surface area contributed by atoms with E-state index in [2.05, 4.69) is 32.3 Å². The van der Waals surface area contributed by atoms with Crippen LogP contribution in [0.5, 0.6) is 0 Å². The van der Waals surface area contributed by atoms with Gasteiger partial charge in [0.25, 0.3) is 0 Å². The average Bonchev–Trinajstić information content (AvgIpc) is 2.60. The summed E-state index contributed by atoms with van der Waals surface area (Å²) in [7, 11) is 0. The molecule has 23 heavy (non-hydrogen) atoms. The number of nitrogens with one attached hydrogen (secondary N) is 1. The van der Waals surface area contributed by atoms with Gasteiger partial charge in [-0.1, -0.05) is 0 Å². The van der Waals surface area contributed by atoms with Gasteiger partial charge >= 0.3 is 149 Å². The van der Waals surface area contributed by atoms with Gasteiger partial charge in [0.15, 0.2) is 0 Å². The first kappa shape index (κ1) is 20.5. The molecule has 0 saturated heterocycles. The molecule has 129 valence electrons. The van der Waals surface area contributed by atoms with Crippen molar-refractivity contribution in [2.24, 2.45) is 5.84 Å². The van der Waals surface area contributed by atoms with E-state index in [1.54, 1.807) is 0 Å². The Kier molecular flexibility index (Phi) is 10.6. The number of rotatable bonds is 11. The molecule has 1 unspecified atom stereocenters. The second-order valence-corrected chi connectivity index (χ2v) is 14.6. The van der Waals surface area contributed by atoms with Crippen molar-refractivity contribution in [1.29, 1.82) is 0 Å². The summed E-state index contributed by atoms with van der Waals surface area (Å²) in [6.45, 7) is 6.83. The molecule has 0 fully saturated rings. The number of benzene rings is 1. The predicted octanol–water partition coefficient (Wildman–Crippen LogP) is 4.88. The number of hydrogen-bond donors (Lipinski definition) is 2. The summed E-state index contributed by atoms with van der Waals surface area (Å²) in [6, 6.07) is 8.00. The van der Waals surface area contributed by atoms with E-state index in [1.807, 2.05) is 18.2 Å². The molecule has 3 N–H and O–H groups in total. The zero-order chi connectivity index (χ0) is 17.1. The SMILES string of the molecule is CCC[CH2][Sn]([CH2]CCC)[CH2]C(CC)c1ccccc1C(=O)NN. The Morgan fingerprint density at radius 3 is 2.26 bits per heavy atom. The number of hydrazine groups is 1. The zero-order valence-corrected chi connectivity index (χ0v) is 17.9. The predicted molar refractivity (Wildman–Crippen MR) is 101 cm³/mol. The fraction of sp³-hybridized carbons (Fsp3) is 0.632. The Hall–Kier alpha value is -0.551. The molecule has 0 heterocycles. The molecule has 0 aromatic heterocycles. The summed E-state index contributed by atoms with van der Waals surface area (Å²) in [5, 5.41) is 0. The monoisotopic (exact) mass is 425 g/mol. The van der Waals surface area contributed by atoms with E-state index >= 15 is 0 Å². The zero-order valence-electron chi connectivity index (χ0n) is 15.0. The van der Waals surface area contributed by atoms with Crippen LogP contribution in [-0.2, 0) is 0 Å². The first-order chi connectivity index (χ1) is 11.2. The molecule has 1 amide bonds. The van der Waals surface area contributed by atoms with Crippen molar-refractivity contribution >= 4 is 25.7 Å². The van der Waals surface area contributed by atoms with Crippen LogP contribution in [0.3, 0.4) is 0 Å². The van der Waals surface area contributed by atoms with Crippen LogP contribution in [0.25, 0.3) is 0 Å². The number of hydrogen-bond acceptors (Lipinski definition) is 2. The molecule has 1 rings (SSSR count). The maximum absolute atomic E-state index is 12.1. The minimum absolute atomic E-state index is 0.161. The molecule has 0 spiro atoms. The summed E-state index contributed by atoms with van der Waals surface area (Å²) in [5.41, 5.74) is 4.26. The fourth-order valence-electron chi connectivity index (χ4n) is 3.14. The van der Waals surface area contributed by atoms with Crippen LogP contribution >= 0.6 is 0 Å². The van der Waals surface area contributed by atoms with Crippen molar-refractivity contribution in [3.63, 3.8) is 0 Å². The van der Waals surface area contributed by atoms with Crippen molar-refractivity contribution < 1.29 is 4.79 Å². The van der Waals surface area contributed by atoms with Gasteiger partial charge in [-0.2, -0.15) is 0 Å². The number of carbonyl (C=O) groups excluding carboxylic acids is 1. The summed E-state index contributed by atoms with van der Waals surface area (Å²) >= 11 is -1.36. The van der Waals surface area contributed by atoms with Crippen molar-refractivity contribution in [2.75, 3.05) is 0 Å². The van der Waals surface area contributed by atoms with Crippen LogP contribution < -0.4 is 11.3 Å². The normalized spacial score (nSPS) is 12.4. The Morgan fingerprint density at radius 1 is 1.13 bits per heavy atom. The van der Waals surface area contributed by atoms with Gasteiger partial charge in [0.05, 0.1) is 0 Å². The van der Waals surface area contributed by atoms with Gasteiger partial charge in [0.2, 0.25) is 0 Å². The quantitative estimate of drug-likeness (QED) is 0.230. The molecule has 1 atom stereocenters. The molecule has 0 aliphatic heterocycles. The molecule has 0 bridgehead atoms. The van der Waals surface area contributed by atoms with Crippen LogP contribution in [0.1, 0.15) is 74.7 Å².